The molecule has 0 aromatic heterocycles. The van der Waals surface area contributed by atoms with Gasteiger partial charge in [-0.1, -0.05) is 29.3 Å². The van der Waals surface area contributed by atoms with Crippen LogP contribution in [0.25, 0.3) is 0 Å². The van der Waals surface area contributed by atoms with Crippen LogP contribution in [0.4, 0.5) is 5.69 Å². The molecule has 0 aliphatic carbocycles. The van der Waals surface area contributed by atoms with Crippen LogP contribution in [0.15, 0.2) is 18.2 Å². The number of carbonyl (C=O) groups is 1. The molecule has 1 aliphatic rings. The van der Waals surface area contributed by atoms with Crippen molar-refractivity contribution < 1.29 is 4.79 Å². The van der Waals surface area contributed by atoms with Crippen LogP contribution in [0, 0.1) is 0 Å². The second kappa shape index (κ2) is 5.71. The first kappa shape index (κ1) is 12.7. The number of halogens is 2. The Morgan fingerprint density at radius 2 is 2.00 bits per heavy atom. The number of hydrogen-bond donors (Lipinski definition) is 1. The lowest BCUT2D eigenvalue weighted by Gasteiger charge is -2.14. The average molecular weight is 273 g/mol. The van der Waals surface area contributed by atoms with Crippen LogP contribution in [0.2, 0.25) is 10.0 Å². The highest BCUT2D eigenvalue weighted by molar-refractivity contribution is 6.43. The molecule has 5 heteroatoms. The molecule has 0 atom stereocenters. The molecule has 1 aromatic carbocycles. The SMILES string of the molecule is O=C(CN1CCCC1)Nc1cccc(Cl)c1Cl. The fourth-order valence-electron chi connectivity index (χ4n) is 1.93. The quantitative estimate of drug-likeness (QED) is 0.918. The average Bonchev–Trinajstić information content (AvgIpc) is 2.77. The van der Waals surface area contributed by atoms with E-state index >= 15 is 0 Å². The third-order valence-electron chi connectivity index (χ3n) is 2.79. The van der Waals surface area contributed by atoms with Crippen LogP contribution >= 0.6 is 23.2 Å². The van der Waals surface area contributed by atoms with Crippen molar-refractivity contribution in [2.45, 2.75) is 12.8 Å². The monoisotopic (exact) mass is 272 g/mol. The number of nitrogens with zero attached hydrogens (tertiary/aromatic N) is 1. The maximum Gasteiger partial charge on any atom is 0.238 e. The van der Waals surface area contributed by atoms with E-state index in [1.165, 1.54) is 12.8 Å². The molecule has 0 unspecified atom stereocenters. The Labute approximate surface area is 111 Å². The fourth-order valence-corrected chi connectivity index (χ4v) is 2.28. The number of nitrogens with one attached hydrogen (secondary N) is 1. The van der Waals surface area contributed by atoms with Gasteiger partial charge in [0, 0.05) is 0 Å². The summed E-state index contributed by atoms with van der Waals surface area (Å²) in [6.45, 7) is 2.41. The number of carbonyl (C=O) groups excluding carboxylic acids is 1. The van der Waals surface area contributed by atoms with Gasteiger partial charge in [0.25, 0.3) is 0 Å². The third kappa shape index (κ3) is 3.35. The summed E-state index contributed by atoms with van der Waals surface area (Å²) in [5.41, 5.74) is 0.573. The van der Waals surface area contributed by atoms with Gasteiger partial charge in [0.2, 0.25) is 5.91 Å². The predicted octanol–water partition coefficient (Wildman–Crippen LogP) is 3.03. The van der Waals surface area contributed by atoms with Crippen molar-refractivity contribution in [2.75, 3.05) is 25.0 Å². The molecule has 1 heterocycles. The number of hydrogen-bond acceptors (Lipinski definition) is 2. The first-order valence-corrected chi connectivity index (χ1v) is 6.38. The molecule has 0 saturated carbocycles. The second-order valence-corrected chi connectivity index (χ2v) is 4.92. The highest BCUT2D eigenvalue weighted by Crippen LogP contribution is 2.29. The molecule has 1 amide bonds. The molecule has 1 saturated heterocycles. The Bertz CT molecular complexity index is 417. The largest absolute Gasteiger partial charge is 0.324 e. The lowest BCUT2D eigenvalue weighted by atomic mass is 10.3. The first-order chi connectivity index (χ1) is 8.16. The van der Waals surface area contributed by atoms with Gasteiger partial charge in [-0.2, -0.15) is 0 Å². The minimum Gasteiger partial charge on any atom is -0.324 e. The van der Waals surface area contributed by atoms with Crippen LogP contribution in [0.5, 0.6) is 0 Å². The standard InChI is InChI=1S/C12H14Cl2N2O/c13-9-4-3-5-10(12(9)14)15-11(17)8-16-6-1-2-7-16/h3-5H,1-2,6-8H2,(H,15,17). The van der Waals surface area contributed by atoms with E-state index in [0.29, 0.717) is 22.3 Å². The molecule has 0 spiro atoms. The summed E-state index contributed by atoms with van der Waals surface area (Å²) in [4.78, 5) is 13.9. The molecule has 0 bridgehead atoms. The lowest BCUT2D eigenvalue weighted by molar-refractivity contribution is -0.117. The number of likely N-dealkylation sites (tertiary alicyclic amines) is 1. The molecule has 1 aliphatic heterocycles. The molecule has 3 nitrogen and oxygen atoms in total. The second-order valence-electron chi connectivity index (χ2n) is 4.13. The van der Waals surface area contributed by atoms with Gasteiger partial charge in [-0.05, 0) is 38.1 Å². The Morgan fingerprint density at radius 3 is 2.71 bits per heavy atom. The summed E-state index contributed by atoms with van der Waals surface area (Å²) in [5, 5.41) is 3.62. The zero-order valence-electron chi connectivity index (χ0n) is 9.38. The Hall–Kier alpha value is -0.770. The van der Waals surface area contributed by atoms with Crippen LogP contribution in [0.3, 0.4) is 0 Å². The summed E-state index contributed by atoms with van der Waals surface area (Å²) in [5.74, 6) is -0.0453. The van der Waals surface area contributed by atoms with Crippen LogP contribution in [-0.4, -0.2) is 30.4 Å². The van der Waals surface area contributed by atoms with Gasteiger partial charge in [0.1, 0.15) is 0 Å². The van der Waals surface area contributed by atoms with E-state index in [9.17, 15) is 4.79 Å². The highest BCUT2D eigenvalue weighted by atomic mass is 35.5. The van der Waals surface area contributed by atoms with Crippen LogP contribution < -0.4 is 5.32 Å². The smallest absolute Gasteiger partial charge is 0.238 e. The molecular weight excluding hydrogens is 259 g/mol. The zero-order valence-corrected chi connectivity index (χ0v) is 10.9. The van der Waals surface area contributed by atoms with Crippen molar-refractivity contribution in [2.24, 2.45) is 0 Å². The van der Waals surface area contributed by atoms with Gasteiger partial charge in [0.15, 0.2) is 0 Å². The number of rotatable bonds is 3. The molecule has 0 radical (unpaired) electrons. The maximum atomic E-state index is 11.8. The molecule has 2 rings (SSSR count). The van der Waals surface area contributed by atoms with Gasteiger partial charge < -0.3 is 5.32 Å². The van der Waals surface area contributed by atoms with E-state index in [2.05, 4.69) is 10.2 Å². The summed E-state index contributed by atoms with van der Waals surface area (Å²) < 4.78 is 0. The highest BCUT2D eigenvalue weighted by Gasteiger charge is 2.16. The van der Waals surface area contributed by atoms with E-state index in [4.69, 9.17) is 23.2 Å². The summed E-state index contributed by atoms with van der Waals surface area (Å²) >= 11 is 11.9. The Morgan fingerprint density at radius 1 is 1.29 bits per heavy atom. The van der Waals surface area contributed by atoms with Crippen molar-refractivity contribution in [3.63, 3.8) is 0 Å². The van der Waals surface area contributed by atoms with Crippen molar-refractivity contribution in [1.82, 2.24) is 4.90 Å². The molecular formula is C12H14Cl2N2O. The normalized spacial score (nSPS) is 16.1. The summed E-state index contributed by atoms with van der Waals surface area (Å²) in [7, 11) is 0. The fraction of sp³-hybridized carbons (Fsp3) is 0.417. The molecule has 1 N–H and O–H groups in total. The molecule has 1 aromatic rings. The van der Waals surface area contributed by atoms with Gasteiger partial charge >= 0.3 is 0 Å². The van der Waals surface area contributed by atoms with Crippen LogP contribution in [0.1, 0.15) is 12.8 Å². The summed E-state index contributed by atoms with van der Waals surface area (Å²) in [6, 6.07) is 5.20. The minimum absolute atomic E-state index is 0.0453. The van der Waals surface area contributed by atoms with Crippen molar-refractivity contribution in [3.05, 3.63) is 28.2 Å². The van der Waals surface area contributed by atoms with E-state index < -0.39 is 0 Å². The van der Waals surface area contributed by atoms with Gasteiger partial charge in [-0.25, -0.2) is 0 Å². The summed E-state index contributed by atoms with van der Waals surface area (Å²) in [6.07, 6.45) is 2.34. The van der Waals surface area contributed by atoms with E-state index in [-0.39, 0.29) is 5.91 Å². The van der Waals surface area contributed by atoms with Gasteiger partial charge in [-0.15, -0.1) is 0 Å². The number of anilines is 1. The van der Waals surface area contributed by atoms with Gasteiger partial charge in [0.05, 0.1) is 22.3 Å². The maximum absolute atomic E-state index is 11.8. The molecule has 92 valence electrons. The molecule has 1 fully saturated rings. The molecule has 17 heavy (non-hydrogen) atoms. The van der Waals surface area contributed by atoms with Crippen LogP contribution in [-0.2, 0) is 4.79 Å². The number of amides is 1. The minimum atomic E-state index is -0.0453. The van der Waals surface area contributed by atoms with Crippen molar-refractivity contribution in [1.29, 1.82) is 0 Å². The first-order valence-electron chi connectivity index (χ1n) is 5.63. The third-order valence-corrected chi connectivity index (χ3v) is 3.61. The zero-order chi connectivity index (χ0) is 12.3. The lowest BCUT2D eigenvalue weighted by Crippen LogP contribution is -2.30. The van der Waals surface area contributed by atoms with E-state index in [1.807, 2.05) is 0 Å². The number of benzene rings is 1. The van der Waals surface area contributed by atoms with Crippen molar-refractivity contribution >= 4 is 34.8 Å². The van der Waals surface area contributed by atoms with Crippen molar-refractivity contribution in [3.8, 4) is 0 Å². The van der Waals surface area contributed by atoms with Gasteiger partial charge in [-0.3, -0.25) is 9.69 Å². The van der Waals surface area contributed by atoms with E-state index in [1.54, 1.807) is 18.2 Å². The Balaban J connectivity index is 1.95. The Kier molecular flexibility index (Phi) is 4.26. The topological polar surface area (TPSA) is 32.3 Å². The van der Waals surface area contributed by atoms with E-state index in [0.717, 1.165) is 13.1 Å². The predicted molar refractivity (Wildman–Crippen MR) is 70.8 cm³/mol.